The van der Waals surface area contributed by atoms with Crippen molar-refractivity contribution < 1.29 is 4.79 Å². The van der Waals surface area contributed by atoms with Gasteiger partial charge in [-0.15, -0.1) is 0 Å². The number of unbranched alkanes of at least 4 members (excludes halogenated alkanes) is 2. The smallest absolute Gasteiger partial charge is 0.231 e. The minimum atomic E-state index is 0.168. The van der Waals surface area contributed by atoms with Gasteiger partial charge in [-0.1, -0.05) is 85.3 Å². The van der Waals surface area contributed by atoms with Crippen LogP contribution >= 0.6 is 0 Å². The maximum atomic E-state index is 13.3. The molecule has 0 radical (unpaired) electrons. The molecule has 3 aromatic rings. The van der Waals surface area contributed by atoms with Crippen LogP contribution in [0.4, 0.5) is 11.4 Å². The fourth-order valence-corrected chi connectivity index (χ4v) is 4.16. The van der Waals surface area contributed by atoms with Crippen molar-refractivity contribution in [3.8, 4) is 0 Å². The van der Waals surface area contributed by atoms with Crippen molar-refractivity contribution in [2.24, 2.45) is 0 Å². The summed E-state index contributed by atoms with van der Waals surface area (Å²) in [6, 6.07) is 26.8. The van der Waals surface area contributed by atoms with Crippen LogP contribution in [-0.4, -0.2) is 24.4 Å². The molecule has 0 unspecified atom stereocenters. The Bertz CT molecular complexity index is 992. The SMILES string of the molecule is CN(CCCCCC(=O)N1c2ccccc2C=Cc2ccccc21)Cc1ccccc1. The van der Waals surface area contributed by atoms with Gasteiger partial charge in [0.05, 0.1) is 11.4 Å². The zero-order valence-corrected chi connectivity index (χ0v) is 18.2. The zero-order chi connectivity index (χ0) is 21.5. The molecule has 158 valence electrons. The second-order valence-electron chi connectivity index (χ2n) is 8.21. The molecular weight excluding hydrogens is 380 g/mol. The molecule has 0 spiro atoms. The van der Waals surface area contributed by atoms with Crippen molar-refractivity contribution in [3.05, 3.63) is 95.6 Å². The molecule has 1 aliphatic heterocycles. The number of hydrogen-bond donors (Lipinski definition) is 0. The summed E-state index contributed by atoms with van der Waals surface area (Å²) in [6.07, 6.45) is 7.83. The Labute approximate surface area is 185 Å². The van der Waals surface area contributed by atoms with E-state index in [2.05, 4.69) is 66.6 Å². The standard InChI is InChI=1S/C28H30N2O/c1-29(22-23-12-4-2-5-13-23)21-11-3-6-18-28(31)30-26-16-9-7-14-24(26)19-20-25-15-8-10-17-27(25)30/h2,4-5,7-10,12-17,19-20H,3,6,11,18,21-22H2,1H3. The van der Waals surface area contributed by atoms with Gasteiger partial charge in [-0.2, -0.15) is 0 Å². The monoisotopic (exact) mass is 410 g/mol. The van der Waals surface area contributed by atoms with Crippen molar-refractivity contribution in [2.45, 2.75) is 32.2 Å². The summed E-state index contributed by atoms with van der Waals surface area (Å²) in [5.41, 5.74) is 5.43. The highest BCUT2D eigenvalue weighted by molar-refractivity contribution is 6.06. The summed E-state index contributed by atoms with van der Waals surface area (Å²) in [5, 5.41) is 0. The Hall–Kier alpha value is -3.17. The first-order valence-corrected chi connectivity index (χ1v) is 11.1. The van der Waals surface area contributed by atoms with Crippen LogP contribution in [0.25, 0.3) is 12.2 Å². The van der Waals surface area contributed by atoms with Crippen LogP contribution in [0.1, 0.15) is 42.4 Å². The van der Waals surface area contributed by atoms with Gasteiger partial charge in [0.25, 0.3) is 0 Å². The van der Waals surface area contributed by atoms with Gasteiger partial charge in [-0.25, -0.2) is 0 Å². The van der Waals surface area contributed by atoms with Crippen LogP contribution < -0.4 is 4.90 Å². The van der Waals surface area contributed by atoms with E-state index >= 15 is 0 Å². The van der Waals surface area contributed by atoms with Crippen LogP contribution in [-0.2, 0) is 11.3 Å². The number of para-hydroxylation sites is 2. The fourth-order valence-electron chi connectivity index (χ4n) is 4.16. The van der Waals surface area contributed by atoms with E-state index in [0.717, 1.165) is 54.9 Å². The second-order valence-corrected chi connectivity index (χ2v) is 8.21. The molecule has 0 bridgehead atoms. The Morgan fingerprint density at radius 3 is 1.97 bits per heavy atom. The van der Waals surface area contributed by atoms with Gasteiger partial charge in [-0.05, 0) is 55.3 Å². The highest BCUT2D eigenvalue weighted by Gasteiger charge is 2.23. The lowest BCUT2D eigenvalue weighted by Crippen LogP contribution is -2.26. The summed E-state index contributed by atoms with van der Waals surface area (Å²) in [5.74, 6) is 0.168. The van der Waals surface area contributed by atoms with E-state index in [4.69, 9.17) is 0 Å². The average Bonchev–Trinajstić information content (AvgIpc) is 2.96. The molecule has 3 aromatic carbocycles. The van der Waals surface area contributed by atoms with Crippen molar-refractivity contribution in [1.29, 1.82) is 0 Å². The quantitative estimate of drug-likeness (QED) is 0.394. The molecule has 0 saturated carbocycles. The molecule has 0 atom stereocenters. The lowest BCUT2D eigenvalue weighted by atomic mass is 10.1. The van der Waals surface area contributed by atoms with Crippen LogP contribution in [0.5, 0.6) is 0 Å². The van der Waals surface area contributed by atoms with Gasteiger partial charge in [0.1, 0.15) is 0 Å². The summed E-state index contributed by atoms with van der Waals surface area (Å²) in [7, 11) is 2.16. The number of carbonyl (C=O) groups excluding carboxylic acids is 1. The molecule has 1 heterocycles. The molecule has 0 N–H and O–H groups in total. The van der Waals surface area contributed by atoms with E-state index in [1.807, 2.05) is 41.3 Å². The minimum absolute atomic E-state index is 0.168. The van der Waals surface area contributed by atoms with Gasteiger partial charge in [0.2, 0.25) is 5.91 Å². The molecule has 31 heavy (non-hydrogen) atoms. The number of anilines is 2. The molecule has 0 aromatic heterocycles. The second kappa shape index (κ2) is 10.2. The average molecular weight is 411 g/mol. The molecule has 1 amide bonds. The largest absolute Gasteiger partial charge is 0.302 e. The fraction of sp³-hybridized carbons (Fsp3) is 0.250. The minimum Gasteiger partial charge on any atom is -0.302 e. The summed E-state index contributed by atoms with van der Waals surface area (Å²) >= 11 is 0. The van der Waals surface area contributed by atoms with E-state index in [9.17, 15) is 4.79 Å². The third kappa shape index (κ3) is 5.31. The maximum absolute atomic E-state index is 13.3. The van der Waals surface area contributed by atoms with Crippen LogP contribution in [0.2, 0.25) is 0 Å². The molecule has 0 fully saturated rings. The Kier molecular flexibility index (Phi) is 6.96. The normalized spacial score (nSPS) is 12.4. The predicted molar refractivity (Wildman–Crippen MR) is 130 cm³/mol. The van der Waals surface area contributed by atoms with Gasteiger partial charge >= 0.3 is 0 Å². The van der Waals surface area contributed by atoms with Gasteiger partial charge in [-0.3, -0.25) is 9.69 Å². The molecular formula is C28H30N2O. The molecule has 3 nitrogen and oxygen atoms in total. The van der Waals surface area contributed by atoms with Crippen molar-refractivity contribution in [1.82, 2.24) is 4.90 Å². The van der Waals surface area contributed by atoms with E-state index in [0.29, 0.717) is 6.42 Å². The van der Waals surface area contributed by atoms with Crippen molar-refractivity contribution >= 4 is 29.4 Å². The van der Waals surface area contributed by atoms with Crippen molar-refractivity contribution in [3.63, 3.8) is 0 Å². The van der Waals surface area contributed by atoms with Gasteiger partial charge in [0.15, 0.2) is 0 Å². The number of fused-ring (bicyclic) bond motifs is 2. The maximum Gasteiger partial charge on any atom is 0.231 e. The van der Waals surface area contributed by atoms with E-state index in [-0.39, 0.29) is 5.91 Å². The number of rotatable bonds is 8. The molecule has 1 aliphatic rings. The van der Waals surface area contributed by atoms with Crippen LogP contribution in [0, 0.1) is 0 Å². The predicted octanol–water partition coefficient (Wildman–Crippen LogP) is 6.53. The first kappa shape index (κ1) is 21.1. The third-order valence-corrected chi connectivity index (χ3v) is 5.77. The number of benzene rings is 3. The first-order valence-electron chi connectivity index (χ1n) is 11.1. The lowest BCUT2D eigenvalue weighted by molar-refractivity contribution is -0.118. The first-order chi connectivity index (χ1) is 15.2. The topological polar surface area (TPSA) is 23.6 Å². The lowest BCUT2D eigenvalue weighted by Gasteiger charge is -2.25. The summed E-state index contributed by atoms with van der Waals surface area (Å²) < 4.78 is 0. The van der Waals surface area contributed by atoms with Gasteiger partial charge < -0.3 is 4.90 Å². The Morgan fingerprint density at radius 2 is 1.32 bits per heavy atom. The Balaban J connectivity index is 1.33. The highest BCUT2D eigenvalue weighted by atomic mass is 16.2. The summed E-state index contributed by atoms with van der Waals surface area (Å²) in [6.45, 7) is 2.01. The molecule has 0 aliphatic carbocycles. The number of nitrogens with zero attached hydrogens (tertiary/aromatic N) is 2. The number of hydrogen-bond acceptors (Lipinski definition) is 2. The van der Waals surface area contributed by atoms with E-state index < -0.39 is 0 Å². The van der Waals surface area contributed by atoms with Gasteiger partial charge in [0, 0.05) is 13.0 Å². The van der Waals surface area contributed by atoms with E-state index in [1.54, 1.807) is 0 Å². The van der Waals surface area contributed by atoms with Crippen molar-refractivity contribution in [2.75, 3.05) is 18.5 Å². The van der Waals surface area contributed by atoms with Crippen LogP contribution in [0.3, 0.4) is 0 Å². The summed E-state index contributed by atoms with van der Waals surface area (Å²) in [4.78, 5) is 17.6. The number of amides is 1. The van der Waals surface area contributed by atoms with Crippen LogP contribution in [0.15, 0.2) is 78.9 Å². The zero-order valence-electron chi connectivity index (χ0n) is 18.2. The molecule has 4 rings (SSSR count). The van der Waals surface area contributed by atoms with E-state index in [1.165, 1.54) is 5.56 Å². The highest BCUT2D eigenvalue weighted by Crippen LogP contribution is 2.36. The third-order valence-electron chi connectivity index (χ3n) is 5.77. The Morgan fingerprint density at radius 1 is 0.742 bits per heavy atom. The number of carbonyl (C=O) groups is 1. The molecule has 3 heteroatoms. The molecule has 0 saturated heterocycles.